The van der Waals surface area contributed by atoms with E-state index < -0.39 is 0 Å². The van der Waals surface area contributed by atoms with E-state index in [-0.39, 0.29) is 0 Å². The average molecular weight is 1180 g/mol. The molecule has 0 aliphatic rings. The largest absolute Gasteiger partial charge is 0.309 e. The van der Waals surface area contributed by atoms with Gasteiger partial charge in [0.25, 0.3) is 0 Å². The lowest BCUT2D eigenvalue weighted by Gasteiger charge is -2.31. The van der Waals surface area contributed by atoms with E-state index in [0.29, 0.717) is 11.3 Å². The van der Waals surface area contributed by atoms with Crippen molar-refractivity contribution in [2.24, 2.45) is 0 Å². The highest BCUT2D eigenvalue weighted by Crippen LogP contribution is 2.55. The quantitative estimate of drug-likeness (QED) is 0.140. The molecule has 0 aliphatic heterocycles. The van der Waals surface area contributed by atoms with Crippen molar-refractivity contribution in [3.8, 4) is 67.9 Å². The smallest absolute Gasteiger partial charge is 0.187 e. The predicted molar refractivity (Wildman–Crippen MR) is 385 cm³/mol. The van der Waals surface area contributed by atoms with Crippen LogP contribution in [-0.2, 0) is 0 Å². The Morgan fingerprint density at radius 2 is 0.527 bits per heavy atom. The maximum absolute atomic E-state index is 10.6. The van der Waals surface area contributed by atoms with Crippen molar-refractivity contribution in [2.75, 3.05) is 0 Å². The first-order valence-electron chi connectivity index (χ1n) is 31.4. The molecule has 7 heteroatoms. The van der Waals surface area contributed by atoms with Crippen LogP contribution in [0, 0.1) is 17.9 Å². The molecule has 5 aromatic heterocycles. The summed E-state index contributed by atoms with van der Waals surface area (Å²) in [5.74, 6) is 0. The predicted octanol–water partition coefficient (Wildman–Crippen LogP) is 22.6. The molecular weight excluding hydrogens is 1130 g/mol. The van der Waals surface area contributed by atoms with Gasteiger partial charge in [0, 0.05) is 70.7 Å². The molecule has 93 heavy (non-hydrogen) atoms. The fourth-order valence-electron chi connectivity index (χ4n) is 15.4. The van der Waals surface area contributed by atoms with Crippen molar-refractivity contribution in [2.45, 2.75) is 0 Å². The van der Waals surface area contributed by atoms with Crippen LogP contribution in [0.1, 0.15) is 5.56 Å². The van der Waals surface area contributed by atoms with Crippen molar-refractivity contribution < 1.29 is 0 Å². The van der Waals surface area contributed by atoms with Crippen LogP contribution in [0.4, 0.5) is 5.69 Å². The summed E-state index contributed by atoms with van der Waals surface area (Å²) >= 11 is 0. The number of rotatable bonds is 8. The lowest BCUT2D eigenvalue weighted by atomic mass is 9.89. The topological polar surface area (TPSA) is 52.8 Å². The van der Waals surface area contributed by atoms with E-state index in [2.05, 4.69) is 319 Å². The van der Waals surface area contributed by atoms with Gasteiger partial charge >= 0.3 is 0 Å². The van der Waals surface area contributed by atoms with Gasteiger partial charge in [0.2, 0.25) is 0 Å². The molecule has 0 aliphatic carbocycles. The molecule has 0 amide bonds. The van der Waals surface area contributed by atoms with Crippen LogP contribution in [0.25, 0.3) is 176 Å². The van der Waals surface area contributed by atoms with Gasteiger partial charge < -0.3 is 22.8 Å². The molecule has 0 saturated heterocycles. The second kappa shape index (κ2) is 20.3. The summed E-state index contributed by atoms with van der Waals surface area (Å²) in [5.41, 5.74) is 22.6. The van der Waals surface area contributed by atoms with E-state index >= 15 is 0 Å². The molecule has 5 heterocycles. The van der Waals surface area contributed by atoms with E-state index in [4.69, 9.17) is 6.57 Å². The number of hydrogen-bond donors (Lipinski definition) is 0. The minimum absolute atomic E-state index is 0.546. The Labute approximate surface area is 534 Å². The highest BCUT2D eigenvalue weighted by atomic mass is 15.1. The molecule has 19 aromatic rings. The number of fused-ring (bicyclic) bond motifs is 15. The van der Waals surface area contributed by atoms with Crippen LogP contribution >= 0.6 is 0 Å². The zero-order valence-electron chi connectivity index (χ0n) is 50.1. The SMILES string of the molecule is [C-]#[N+]c1ccc(-c2c(-n3c4ccccc4c4ccccc43)c(-c3ccc(C#N)cc3)c(-n3c4ccccc4c4ccccc43)c(-n3c4ccccc4c4cc(-c5ccc6c(c5)c5ccccc5n6-c5ccccc5)ccc43)c2-n2c3ccccc3c3ccccc32)cc1. The lowest BCUT2D eigenvalue weighted by Crippen LogP contribution is -2.16. The van der Waals surface area contributed by atoms with E-state index in [9.17, 15) is 5.26 Å². The van der Waals surface area contributed by atoms with Crippen LogP contribution in [0.3, 0.4) is 0 Å². The van der Waals surface area contributed by atoms with Crippen LogP contribution in [0.5, 0.6) is 0 Å². The number of hydrogen-bond acceptors (Lipinski definition) is 1. The van der Waals surface area contributed by atoms with Crippen molar-refractivity contribution >= 4 is 115 Å². The fourth-order valence-corrected chi connectivity index (χ4v) is 15.4. The Bertz CT molecular complexity index is 6070. The fraction of sp³-hybridized carbons (Fsp3) is 0. The first-order chi connectivity index (χ1) is 46.1. The van der Waals surface area contributed by atoms with Crippen molar-refractivity contribution in [3.63, 3.8) is 0 Å². The summed E-state index contributed by atoms with van der Waals surface area (Å²) in [4.78, 5) is 4.00. The van der Waals surface area contributed by atoms with Crippen LogP contribution in [0.15, 0.2) is 309 Å². The molecular formula is C86H51N7. The highest BCUT2D eigenvalue weighted by molar-refractivity contribution is 6.19. The third-order valence-electron chi connectivity index (χ3n) is 19.3. The molecule has 0 spiro atoms. The first-order valence-corrected chi connectivity index (χ1v) is 31.4. The average Bonchev–Trinajstić information content (AvgIpc) is 1.61. The molecule has 430 valence electrons. The van der Waals surface area contributed by atoms with Gasteiger partial charge in [0.15, 0.2) is 5.69 Å². The molecule has 7 nitrogen and oxygen atoms in total. The third-order valence-corrected chi connectivity index (χ3v) is 19.3. The highest BCUT2D eigenvalue weighted by Gasteiger charge is 2.35. The summed E-state index contributed by atoms with van der Waals surface area (Å²) in [7, 11) is 0. The Balaban J connectivity index is 1.06. The second-order valence-corrected chi connectivity index (χ2v) is 24.1. The molecule has 0 N–H and O–H groups in total. The van der Waals surface area contributed by atoms with E-state index in [1.807, 2.05) is 24.3 Å². The first kappa shape index (κ1) is 52.0. The van der Waals surface area contributed by atoms with Crippen molar-refractivity contribution in [1.29, 1.82) is 5.26 Å². The number of nitriles is 1. The van der Waals surface area contributed by atoms with Crippen LogP contribution in [0.2, 0.25) is 0 Å². The number of nitrogens with zero attached hydrogens (tertiary/aromatic N) is 7. The Morgan fingerprint density at radius 1 is 0.247 bits per heavy atom. The minimum atomic E-state index is 0.546. The summed E-state index contributed by atoms with van der Waals surface area (Å²) in [6.45, 7) is 8.35. The molecule has 0 atom stereocenters. The monoisotopic (exact) mass is 1180 g/mol. The van der Waals surface area contributed by atoms with Gasteiger partial charge in [-0.2, -0.15) is 5.26 Å². The molecule has 14 aromatic carbocycles. The standard InChI is InChI=1S/C86H51N7/c1-88-59-47-43-56(44-48-59)82-83(90-72-32-14-5-23-61(72)62-24-6-15-33-73(62)90)81(55-41-39-54(53-87)40-42-55)84(91-74-34-16-7-25-63(74)64-26-8-17-35-75(64)91)86(85(82)92-76-36-18-9-27-65(76)66-28-10-19-37-77(66)92)93-78-38-20-12-30-68(78)70-52-58(46-50-80(70)93)57-45-49-79-69(51-57)67-29-11-13-31-71(67)89(79)60-21-3-2-4-22-60/h2-52H. The van der Waals surface area contributed by atoms with Gasteiger partial charge in [0.1, 0.15) is 0 Å². The molecule has 0 unspecified atom stereocenters. The third kappa shape index (κ3) is 7.57. The summed E-state index contributed by atoms with van der Waals surface area (Å²) in [6, 6.07) is 114. The molecule has 0 fully saturated rings. The van der Waals surface area contributed by atoms with Crippen LogP contribution in [-0.4, -0.2) is 22.8 Å². The summed E-state index contributed by atoms with van der Waals surface area (Å²) in [5, 5.41) is 22.0. The van der Waals surface area contributed by atoms with E-state index in [1.54, 1.807) is 0 Å². The molecule has 0 bridgehead atoms. The maximum atomic E-state index is 10.6. The van der Waals surface area contributed by atoms with Crippen LogP contribution < -0.4 is 0 Å². The number of para-hydroxylation sites is 9. The van der Waals surface area contributed by atoms with Gasteiger partial charge in [0.05, 0.1) is 96.1 Å². The van der Waals surface area contributed by atoms with Gasteiger partial charge in [-0.25, -0.2) is 4.85 Å². The van der Waals surface area contributed by atoms with Gasteiger partial charge in [-0.05, 0) is 119 Å². The molecule has 0 saturated carbocycles. The maximum Gasteiger partial charge on any atom is 0.187 e. The van der Waals surface area contributed by atoms with E-state index in [0.717, 1.165) is 155 Å². The normalized spacial score (nSPS) is 11.8. The van der Waals surface area contributed by atoms with Gasteiger partial charge in [-0.3, -0.25) is 0 Å². The van der Waals surface area contributed by atoms with Crippen molar-refractivity contribution in [1.82, 2.24) is 22.8 Å². The van der Waals surface area contributed by atoms with Gasteiger partial charge in [-0.15, -0.1) is 0 Å². The second-order valence-electron chi connectivity index (χ2n) is 24.1. The number of aromatic nitrogens is 5. The zero-order valence-corrected chi connectivity index (χ0v) is 50.1. The Morgan fingerprint density at radius 3 is 0.892 bits per heavy atom. The zero-order chi connectivity index (χ0) is 61.4. The molecule has 19 rings (SSSR count). The summed E-state index contributed by atoms with van der Waals surface area (Å²) < 4.78 is 12.5. The van der Waals surface area contributed by atoms with Gasteiger partial charge in [-0.1, -0.05) is 212 Å². The minimum Gasteiger partial charge on any atom is -0.309 e. The Hall–Kier alpha value is -12.9. The molecule has 0 radical (unpaired) electrons. The number of benzene rings is 14. The Kier molecular flexibility index (Phi) is 11.4. The summed E-state index contributed by atoms with van der Waals surface area (Å²) in [6.07, 6.45) is 0. The van der Waals surface area contributed by atoms with Crippen molar-refractivity contribution in [3.05, 3.63) is 326 Å². The lowest BCUT2D eigenvalue weighted by molar-refractivity contribution is 1.04. The van der Waals surface area contributed by atoms with E-state index in [1.165, 1.54) is 16.3 Å².